The van der Waals surface area contributed by atoms with Gasteiger partial charge in [-0.1, -0.05) is 0 Å². The van der Waals surface area contributed by atoms with Crippen LogP contribution in [0.1, 0.15) is 29.5 Å². The molecule has 1 heterocycles. The summed E-state index contributed by atoms with van der Waals surface area (Å²) in [5.74, 6) is 0.686. The van der Waals surface area contributed by atoms with Crippen molar-refractivity contribution >= 4 is 12.4 Å². The maximum absolute atomic E-state index is 12.9. The molecule has 1 saturated heterocycles. The molecular formula is C16H19ClF6N2. The van der Waals surface area contributed by atoms with Crippen LogP contribution in [-0.2, 0) is 18.9 Å². The minimum Gasteiger partial charge on any atom is -0.327 e. The van der Waals surface area contributed by atoms with E-state index >= 15 is 0 Å². The van der Waals surface area contributed by atoms with Crippen LogP contribution in [0.5, 0.6) is 0 Å². The van der Waals surface area contributed by atoms with Crippen molar-refractivity contribution in [2.75, 3.05) is 13.1 Å². The molecule has 3 atom stereocenters. The van der Waals surface area contributed by atoms with Crippen LogP contribution in [0.2, 0.25) is 0 Å². The van der Waals surface area contributed by atoms with E-state index < -0.39 is 23.5 Å². The first-order valence-electron chi connectivity index (χ1n) is 7.80. The molecule has 25 heavy (non-hydrogen) atoms. The number of nitrogens with zero attached hydrogens (tertiary/aromatic N) is 1. The van der Waals surface area contributed by atoms with Crippen molar-refractivity contribution < 1.29 is 26.3 Å². The number of hydrogen-bond acceptors (Lipinski definition) is 2. The molecule has 3 unspecified atom stereocenters. The lowest BCUT2D eigenvalue weighted by atomic mass is 9.98. The minimum absolute atomic E-state index is 0. The average molecular weight is 389 g/mol. The summed E-state index contributed by atoms with van der Waals surface area (Å²) in [4.78, 5) is 1.91. The Hall–Kier alpha value is -0.990. The molecule has 0 spiro atoms. The second-order valence-corrected chi connectivity index (χ2v) is 6.77. The Balaban J connectivity index is 0.00000225. The van der Waals surface area contributed by atoms with E-state index in [1.165, 1.54) is 0 Å². The Bertz CT molecular complexity index is 583. The fourth-order valence-electron chi connectivity index (χ4n) is 3.90. The van der Waals surface area contributed by atoms with Crippen molar-refractivity contribution in [1.29, 1.82) is 0 Å². The Labute approximate surface area is 147 Å². The molecule has 2 aliphatic rings. The predicted octanol–water partition coefficient (Wildman–Crippen LogP) is 4.32. The Kier molecular flexibility index (Phi) is 5.66. The smallest absolute Gasteiger partial charge is 0.327 e. The summed E-state index contributed by atoms with van der Waals surface area (Å²) in [5, 5.41) is 0. The highest BCUT2D eigenvalue weighted by Crippen LogP contribution is 2.39. The maximum atomic E-state index is 12.9. The molecular weight excluding hydrogens is 370 g/mol. The van der Waals surface area contributed by atoms with E-state index in [1.54, 1.807) is 0 Å². The zero-order chi connectivity index (χ0) is 17.7. The number of fused-ring (bicyclic) bond motifs is 1. The third kappa shape index (κ3) is 4.41. The number of rotatable bonds is 2. The second kappa shape index (κ2) is 6.96. The average Bonchev–Trinajstić information content (AvgIpc) is 2.99. The van der Waals surface area contributed by atoms with E-state index in [2.05, 4.69) is 0 Å². The molecule has 1 aromatic carbocycles. The first kappa shape index (κ1) is 20.3. The quantitative estimate of drug-likeness (QED) is 0.765. The van der Waals surface area contributed by atoms with Gasteiger partial charge in [0.05, 0.1) is 11.1 Å². The first-order chi connectivity index (χ1) is 11.0. The van der Waals surface area contributed by atoms with Crippen LogP contribution in [-0.4, -0.2) is 24.0 Å². The van der Waals surface area contributed by atoms with Gasteiger partial charge in [0, 0.05) is 25.7 Å². The van der Waals surface area contributed by atoms with E-state index in [0.29, 0.717) is 19.0 Å². The minimum atomic E-state index is -4.81. The Morgan fingerprint density at radius 3 is 1.96 bits per heavy atom. The van der Waals surface area contributed by atoms with Gasteiger partial charge in [-0.25, -0.2) is 0 Å². The lowest BCUT2D eigenvalue weighted by Gasteiger charge is -2.20. The zero-order valence-corrected chi connectivity index (χ0v) is 14.0. The summed E-state index contributed by atoms with van der Waals surface area (Å²) in [6.07, 6.45) is -7.70. The van der Waals surface area contributed by atoms with Gasteiger partial charge in [0.15, 0.2) is 0 Å². The summed E-state index contributed by atoms with van der Waals surface area (Å²) in [6, 6.07) is 1.86. The first-order valence-corrected chi connectivity index (χ1v) is 7.80. The highest BCUT2D eigenvalue weighted by Gasteiger charge is 2.41. The molecule has 0 amide bonds. The van der Waals surface area contributed by atoms with Gasteiger partial charge in [-0.2, -0.15) is 26.3 Å². The number of nitrogens with two attached hydrogens (primary N) is 1. The van der Waals surface area contributed by atoms with Crippen LogP contribution in [0.3, 0.4) is 0 Å². The fourth-order valence-corrected chi connectivity index (χ4v) is 3.90. The monoisotopic (exact) mass is 388 g/mol. The topological polar surface area (TPSA) is 29.3 Å². The van der Waals surface area contributed by atoms with Gasteiger partial charge in [-0.15, -0.1) is 12.4 Å². The van der Waals surface area contributed by atoms with Crippen LogP contribution in [0.15, 0.2) is 18.2 Å². The van der Waals surface area contributed by atoms with Gasteiger partial charge in [0.25, 0.3) is 0 Å². The van der Waals surface area contributed by atoms with E-state index in [4.69, 9.17) is 5.73 Å². The zero-order valence-electron chi connectivity index (χ0n) is 13.2. The molecule has 1 saturated carbocycles. The highest BCUT2D eigenvalue weighted by molar-refractivity contribution is 5.85. The summed E-state index contributed by atoms with van der Waals surface area (Å²) in [5.41, 5.74) is 3.53. The molecule has 9 heteroatoms. The molecule has 0 aromatic heterocycles. The van der Waals surface area contributed by atoms with Gasteiger partial charge >= 0.3 is 12.4 Å². The van der Waals surface area contributed by atoms with Crippen molar-refractivity contribution in [3.63, 3.8) is 0 Å². The third-order valence-corrected chi connectivity index (χ3v) is 5.04. The molecule has 1 aliphatic carbocycles. The standard InChI is InChI=1S/C16H18F6N2.ClH/c17-15(18,19)11-3-9(4-12(5-11)16(20,21)22)6-24-7-10-1-2-14(23)13(10)8-24;/h3-5,10,13-14H,1-2,6-8,23H2;1H. The van der Waals surface area contributed by atoms with Gasteiger partial charge in [-0.05, 0) is 48.4 Å². The van der Waals surface area contributed by atoms with Gasteiger partial charge < -0.3 is 5.73 Å². The van der Waals surface area contributed by atoms with E-state index in [1.807, 2.05) is 4.90 Å². The Morgan fingerprint density at radius 1 is 0.920 bits per heavy atom. The predicted molar refractivity (Wildman–Crippen MR) is 83.2 cm³/mol. The van der Waals surface area contributed by atoms with Gasteiger partial charge in [0.2, 0.25) is 0 Å². The number of hydrogen-bond donors (Lipinski definition) is 1. The van der Waals surface area contributed by atoms with Crippen LogP contribution < -0.4 is 5.73 Å². The number of halogens is 7. The fraction of sp³-hybridized carbons (Fsp3) is 0.625. The van der Waals surface area contributed by atoms with Crippen molar-refractivity contribution in [3.05, 3.63) is 34.9 Å². The molecule has 1 aromatic rings. The molecule has 3 rings (SSSR count). The normalized spacial score (nSPS) is 27.2. The van der Waals surface area contributed by atoms with Crippen molar-refractivity contribution in [2.45, 2.75) is 37.8 Å². The largest absolute Gasteiger partial charge is 0.416 e. The summed E-state index contributed by atoms with van der Waals surface area (Å²) in [7, 11) is 0. The Morgan fingerprint density at radius 2 is 1.48 bits per heavy atom. The van der Waals surface area contributed by atoms with E-state index in [-0.39, 0.29) is 42.5 Å². The summed E-state index contributed by atoms with van der Waals surface area (Å²) < 4.78 is 77.3. The highest BCUT2D eigenvalue weighted by atomic mass is 35.5. The lowest BCUT2D eigenvalue weighted by Crippen LogP contribution is -2.30. The summed E-state index contributed by atoms with van der Waals surface area (Å²) in [6.45, 7) is 1.38. The number of alkyl halides is 6. The van der Waals surface area contributed by atoms with Crippen molar-refractivity contribution in [2.24, 2.45) is 17.6 Å². The molecule has 142 valence electrons. The molecule has 1 aliphatic heterocycles. The summed E-state index contributed by atoms with van der Waals surface area (Å²) >= 11 is 0. The van der Waals surface area contributed by atoms with Crippen molar-refractivity contribution in [1.82, 2.24) is 4.90 Å². The van der Waals surface area contributed by atoms with Crippen molar-refractivity contribution in [3.8, 4) is 0 Å². The third-order valence-electron chi connectivity index (χ3n) is 5.04. The molecule has 0 bridgehead atoms. The molecule has 0 radical (unpaired) electrons. The number of benzene rings is 1. The lowest BCUT2D eigenvalue weighted by molar-refractivity contribution is -0.143. The second-order valence-electron chi connectivity index (χ2n) is 6.77. The SMILES string of the molecule is Cl.NC1CCC2CN(Cc3cc(C(F)(F)F)cc(C(F)(F)F)c3)CC12. The van der Waals surface area contributed by atoms with Crippen LogP contribution in [0, 0.1) is 11.8 Å². The van der Waals surface area contributed by atoms with Crippen LogP contribution >= 0.6 is 12.4 Å². The van der Waals surface area contributed by atoms with E-state index in [9.17, 15) is 26.3 Å². The maximum Gasteiger partial charge on any atom is 0.416 e. The number of likely N-dealkylation sites (tertiary alicyclic amines) is 1. The molecule has 2 nitrogen and oxygen atoms in total. The molecule has 2 fully saturated rings. The van der Waals surface area contributed by atoms with Crippen LogP contribution in [0.25, 0.3) is 0 Å². The van der Waals surface area contributed by atoms with Gasteiger partial charge in [0.1, 0.15) is 0 Å². The van der Waals surface area contributed by atoms with E-state index in [0.717, 1.165) is 25.0 Å². The van der Waals surface area contributed by atoms with Gasteiger partial charge in [-0.3, -0.25) is 4.90 Å². The molecule has 2 N–H and O–H groups in total. The van der Waals surface area contributed by atoms with Crippen LogP contribution in [0.4, 0.5) is 26.3 Å².